The van der Waals surface area contributed by atoms with Crippen molar-refractivity contribution in [3.63, 3.8) is 0 Å². The molecule has 20 heavy (non-hydrogen) atoms. The monoisotopic (exact) mass is 274 g/mol. The summed E-state index contributed by atoms with van der Waals surface area (Å²) < 4.78 is 5.50. The van der Waals surface area contributed by atoms with Gasteiger partial charge in [-0.05, 0) is 31.9 Å². The fourth-order valence-corrected chi connectivity index (χ4v) is 1.95. The van der Waals surface area contributed by atoms with Crippen LogP contribution >= 0.6 is 0 Å². The summed E-state index contributed by atoms with van der Waals surface area (Å²) >= 11 is 0. The molecule has 0 fully saturated rings. The number of hydrogen-bond acceptors (Lipinski definition) is 5. The minimum absolute atomic E-state index is 0.492. The van der Waals surface area contributed by atoms with Gasteiger partial charge in [0, 0.05) is 6.54 Å². The molecule has 0 saturated heterocycles. The van der Waals surface area contributed by atoms with Crippen LogP contribution in [0.3, 0.4) is 0 Å². The van der Waals surface area contributed by atoms with Gasteiger partial charge < -0.3 is 15.1 Å². The number of aryl methyl sites for hydroxylation is 1. The number of hydrogen-bond donors (Lipinski definition) is 2. The van der Waals surface area contributed by atoms with Gasteiger partial charge in [0.15, 0.2) is 0 Å². The van der Waals surface area contributed by atoms with Crippen molar-refractivity contribution in [2.75, 3.05) is 18.4 Å². The maximum absolute atomic E-state index is 5.50. The normalized spacial score (nSPS) is 10.7. The minimum Gasteiger partial charge on any atom is -0.407 e. The second kappa shape index (κ2) is 7.65. The summed E-state index contributed by atoms with van der Waals surface area (Å²) in [5.41, 5.74) is 2.59. The summed E-state index contributed by atoms with van der Waals surface area (Å²) in [4.78, 5) is 0. The second-order valence-electron chi connectivity index (χ2n) is 4.84. The molecule has 0 aliphatic carbocycles. The van der Waals surface area contributed by atoms with E-state index in [9.17, 15) is 0 Å². The van der Waals surface area contributed by atoms with Crippen molar-refractivity contribution in [3.8, 4) is 0 Å². The van der Waals surface area contributed by atoms with Crippen LogP contribution in [0, 0.1) is 6.92 Å². The fourth-order valence-electron chi connectivity index (χ4n) is 1.95. The van der Waals surface area contributed by atoms with E-state index in [1.165, 1.54) is 11.1 Å². The lowest BCUT2D eigenvalue weighted by molar-refractivity contribution is 0.477. The topological polar surface area (TPSA) is 63.0 Å². The first kappa shape index (κ1) is 14.5. The highest BCUT2D eigenvalue weighted by molar-refractivity contribution is 5.24. The van der Waals surface area contributed by atoms with Crippen LogP contribution in [0.1, 0.15) is 30.4 Å². The summed E-state index contributed by atoms with van der Waals surface area (Å²) in [5.74, 6) is 0.622. The largest absolute Gasteiger partial charge is 0.407 e. The van der Waals surface area contributed by atoms with Gasteiger partial charge in [-0.1, -0.05) is 41.9 Å². The highest BCUT2D eigenvalue weighted by Crippen LogP contribution is 2.07. The average molecular weight is 274 g/mol. The Hall–Kier alpha value is -1.88. The standard InChI is InChI=1S/C15H22N4O/c1-3-8-16-11-14-18-19-15(20-14)17-9-7-13-6-4-5-12(2)10-13/h4-6,10,16H,3,7-9,11H2,1-2H3,(H,17,19). The molecule has 2 aromatic rings. The van der Waals surface area contributed by atoms with Crippen molar-refractivity contribution >= 4 is 6.01 Å². The zero-order valence-electron chi connectivity index (χ0n) is 12.1. The molecule has 5 heteroatoms. The molecule has 0 aliphatic rings. The molecule has 0 amide bonds. The molecule has 5 nitrogen and oxygen atoms in total. The molecule has 0 saturated carbocycles. The van der Waals surface area contributed by atoms with E-state index in [1.807, 2.05) is 0 Å². The van der Waals surface area contributed by atoms with Gasteiger partial charge >= 0.3 is 6.01 Å². The third kappa shape index (κ3) is 4.66. The minimum atomic E-state index is 0.492. The number of aromatic nitrogens is 2. The van der Waals surface area contributed by atoms with Gasteiger partial charge in [-0.15, -0.1) is 5.10 Å². The molecular weight excluding hydrogens is 252 g/mol. The van der Waals surface area contributed by atoms with Crippen LogP contribution in [0.25, 0.3) is 0 Å². The molecule has 2 rings (SSSR count). The lowest BCUT2D eigenvalue weighted by atomic mass is 10.1. The van der Waals surface area contributed by atoms with E-state index in [4.69, 9.17) is 4.42 Å². The molecule has 1 aromatic carbocycles. The van der Waals surface area contributed by atoms with Crippen LogP contribution in [0.15, 0.2) is 28.7 Å². The Balaban J connectivity index is 1.74. The van der Waals surface area contributed by atoms with E-state index in [0.29, 0.717) is 18.5 Å². The van der Waals surface area contributed by atoms with Crippen LogP contribution in [0.5, 0.6) is 0 Å². The first-order chi connectivity index (χ1) is 9.78. The summed E-state index contributed by atoms with van der Waals surface area (Å²) in [6, 6.07) is 8.99. The highest BCUT2D eigenvalue weighted by Gasteiger charge is 2.04. The molecular formula is C15H22N4O. The van der Waals surface area contributed by atoms with Gasteiger partial charge in [-0.25, -0.2) is 0 Å². The molecule has 1 heterocycles. The SMILES string of the molecule is CCCNCc1nnc(NCCc2cccc(C)c2)o1. The van der Waals surface area contributed by atoms with E-state index in [-0.39, 0.29) is 0 Å². The molecule has 2 N–H and O–H groups in total. The van der Waals surface area contributed by atoms with Gasteiger partial charge in [0.1, 0.15) is 0 Å². The van der Waals surface area contributed by atoms with Gasteiger partial charge in [0.05, 0.1) is 6.54 Å². The first-order valence-corrected chi connectivity index (χ1v) is 7.10. The van der Waals surface area contributed by atoms with Gasteiger partial charge in [0.2, 0.25) is 5.89 Å². The molecule has 0 unspecified atom stereocenters. The quantitative estimate of drug-likeness (QED) is 0.724. The average Bonchev–Trinajstić information content (AvgIpc) is 2.87. The molecule has 0 aliphatic heterocycles. The van der Waals surface area contributed by atoms with Crippen LogP contribution in [0.2, 0.25) is 0 Å². The van der Waals surface area contributed by atoms with E-state index < -0.39 is 0 Å². The Morgan fingerprint density at radius 1 is 1.20 bits per heavy atom. The smallest absolute Gasteiger partial charge is 0.315 e. The molecule has 108 valence electrons. The van der Waals surface area contributed by atoms with E-state index in [2.05, 4.69) is 58.9 Å². The van der Waals surface area contributed by atoms with Gasteiger partial charge in [0.25, 0.3) is 0 Å². The predicted molar refractivity (Wildman–Crippen MR) is 79.7 cm³/mol. The maximum atomic E-state index is 5.50. The van der Waals surface area contributed by atoms with Crippen LogP contribution in [0.4, 0.5) is 6.01 Å². The van der Waals surface area contributed by atoms with Crippen LogP contribution < -0.4 is 10.6 Å². The van der Waals surface area contributed by atoms with Crippen molar-refractivity contribution in [2.24, 2.45) is 0 Å². The van der Waals surface area contributed by atoms with Gasteiger partial charge in [-0.3, -0.25) is 0 Å². The van der Waals surface area contributed by atoms with Crippen molar-refractivity contribution in [2.45, 2.75) is 33.2 Å². The summed E-state index contributed by atoms with van der Waals surface area (Å²) in [6.45, 7) is 6.59. The lowest BCUT2D eigenvalue weighted by Gasteiger charge is -2.03. The zero-order chi connectivity index (χ0) is 14.2. The van der Waals surface area contributed by atoms with E-state index in [1.54, 1.807) is 0 Å². The molecule has 0 spiro atoms. The Morgan fingerprint density at radius 3 is 2.90 bits per heavy atom. The summed E-state index contributed by atoms with van der Waals surface area (Å²) in [6.07, 6.45) is 2.03. The zero-order valence-corrected chi connectivity index (χ0v) is 12.1. The van der Waals surface area contributed by atoms with Crippen LogP contribution in [-0.2, 0) is 13.0 Å². The van der Waals surface area contributed by atoms with E-state index in [0.717, 1.165) is 25.9 Å². The summed E-state index contributed by atoms with van der Waals surface area (Å²) in [7, 11) is 0. The predicted octanol–water partition coefficient (Wildman–Crippen LogP) is 2.53. The lowest BCUT2D eigenvalue weighted by Crippen LogP contribution is -2.13. The first-order valence-electron chi connectivity index (χ1n) is 7.10. The molecule has 1 aromatic heterocycles. The van der Waals surface area contributed by atoms with Gasteiger partial charge in [-0.2, -0.15) is 0 Å². The number of rotatable bonds is 8. The van der Waals surface area contributed by atoms with Crippen LogP contribution in [-0.4, -0.2) is 23.3 Å². The number of anilines is 1. The van der Waals surface area contributed by atoms with Crippen molar-refractivity contribution in [1.82, 2.24) is 15.5 Å². The van der Waals surface area contributed by atoms with E-state index >= 15 is 0 Å². The molecule has 0 bridgehead atoms. The Bertz CT molecular complexity index is 524. The number of benzene rings is 1. The third-order valence-corrected chi connectivity index (χ3v) is 2.94. The Kier molecular flexibility index (Phi) is 5.55. The Labute approximate surface area is 119 Å². The maximum Gasteiger partial charge on any atom is 0.315 e. The molecule has 0 atom stereocenters. The highest BCUT2D eigenvalue weighted by atomic mass is 16.4. The third-order valence-electron chi connectivity index (χ3n) is 2.94. The summed E-state index contributed by atoms with van der Waals surface area (Å²) in [5, 5.41) is 14.3. The number of nitrogens with zero attached hydrogens (tertiary/aromatic N) is 2. The number of nitrogens with one attached hydrogen (secondary N) is 2. The van der Waals surface area contributed by atoms with Crippen molar-refractivity contribution in [1.29, 1.82) is 0 Å². The van der Waals surface area contributed by atoms with Crippen molar-refractivity contribution < 1.29 is 4.42 Å². The molecule has 0 radical (unpaired) electrons. The fraction of sp³-hybridized carbons (Fsp3) is 0.467. The van der Waals surface area contributed by atoms with Crippen molar-refractivity contribution in [3.05, 3.63) is 41.3 Å². The Morgan fingerprint density at radius 2 is 2.10 bits per heavy atom. The second-order valence-corrected chi connectivity index (χ2v) is 4.84.